The SMILES string of the molecule is Cc1cc(F)ncc1[C@H](C)N. The number of hydrogen-bond acceptors (Lipinski definition) is 2. The van der Waals surface area contributed by atoms with Gasteiger partial charge in [0, 0.05) is 12.2 Å². The summed E-state index contributed by atoms with van der Waals surface area (Å²) in [6, 6.07) is 1.31. The van der Waals surface area contributed by atoms with Crippen LogP contribution in [0.1, 0.15) is 24.1 Å². The summed E-state index contributed by atoms with van der Waals surface area (Å²) in [6.45, 7) is 3.67. The van der Waals surface area contributed by atoms with Gasteiger partial charge in [-0.1, -0.05) is 0 Å². The van der Waals surface area contributed by atoms with Gasteiger partial charge in [0.05, 0.1) is 0 Å². The van der Waals surface area contributed by atoms with Crippen LogP contribution >= 0.6 is 0 Å². The Labute approximate surface area is 65.3 Å². The highest BCUT2D eigenvalue weighted by Crippen LogP contribution is 2.13. The molecule has 1 atom stereocenters. The maximum Gasteiger partial charge on any atom is 0.213 e. The molecule has 0 fully saturated rings. The van der Waals surface area contributed by atoms with Crippen molar-refractivity contribution in [3.05, 3.63) is 29.3 Å². The zero-order chi connectivity index (χ0) is 8.43. The van der Waals surface area contributed by atoms with E-state index < -0.39 is 5.95 Å². The maximum absolute atomic E-state index is 12.5. The zero-order valence-corrected chi connectivity index (χ0v) is 6.63. The Bertz CT molecular complexity index is 258. The Morgan fingerprint density at radius 1 is 1.64 bits per heavy atom. The van der Waals surface area contributed by atoms with E-state index in [2.05, 4.69) is 4.98 Å². The van der Waals surface area contributed by atoms with Gasteiger partial charge in [0.15, 0.2) is 0 Å². The van der Waals surface area contributed by atoms with Crippen LogP contribution in [0.2, 0.25) is 0 Å². The molecule has 0 bridgehead atoms. The first-order valence-corrected chi connectivity index (χ1v) is 3.49. The Hall–Kier alpha value is -0.960. The molecule has 0 unspecified atom stereocenters. The molecule has 0 amide bonds. The lowest BCUT2D eigenvalue weighted by Crippen LogP contribution is -2.07. The monoisotopic (exact) mass is 154 g/mol. The molecule has 1 aromatic heterocycles. The number of aromatic nitrogens is 1. The molecule has 0 radical (unpaired) electrons. The third kappa shape index (κ3) is 1.74. The largest absolute Gasteiger partial charge is 0.324 e. The van der Waals surface area contributed by atoms with Crippen molar-refractivity contribution in [1.29, 1.82) is 0 Å². The van der Waals surface area contributed by atoms with Gasteiger partial charge in [0.2, 0.25) is 5.95 Å². The molecule has 0 aromatic carbocycles. The molecule has 3 heteroatoms. The first kappa shape index (κ1) is 8.14. The maximum atomic E-state index is 12.5. The lowest BCUT2D eigenvalue weighted by molar-refractivity contribution is 0.579. The molecule has 0 saturated carbocycles. The van der Waals surface area contributed by atoms with Crippen molar-refractivity contribution in [3.63, 3.8) is 0 Å². The number of nitrogens with two attached hydrogens (primary N) is 1. The van der Waals surface area contributed by atoms with Gasteiger partial charge in [-0.05, 0) is 31.0 Å². The van der Waals surface area contributed by atoms with Crippen LogP contribution < -0.4 is 5.73 Å². The van der Waals surface area contributed by atoms with Crippen LogP contribution in [0.4, 0.5) is 4.39 Å². The first-order valence-electron chi connectivity index (χ1n) is 3.49. The fourth-order valence-electron chi connectivity index (χ4n) is 1.01. The summed E-state index contributed by atoms with van der Waals surface area (Å²) in [5, 5.41) is 0. The van der Waals surface area contributed by atoms with Crippen LogP contribution in [-0.4, -0.2) is 4.98 Å². The van der Waals surface area contributed by atoms with E-state index in [1.165, 1.54) is 12.3 Å². The topological polar surface area (TPSA) is 38.9 Å². The first-order chi connectivity index (χ1) is 5.11. The van der Waals surface area contributed by atoms with E-state index in [1.807, 2.05) is 13.8 Å². The predicted molar refractivity (Wildman–Crippen MR) is 41.5 cm³/mol. The molecule has 0 spiro atoms. The highest BCUT2D eigenvalue weighted by Gasteiger charge is 2.04. The number of pyridine rings is 1. The molecule has 1 aromatic rings. The van der Waals surface area contributed by atoms with Crippen LogP contribution in [0.5, 0.6) is 0 Å². The lowest BCUT2D eigenvalue weighted by Gasteiger charge is -2.07. The summed E-state index contributed by atoms with van der Waals surface area (Å²) in [5.41, 5.74) is 7.35. The summed E-state index contributed by atoms with van der Waals surface area (Å²) < 4.78 is 12.5. The summed E-state index contributed by atoms with van der Waals surface area (Å²) in [4.78, 5) is 3.51. The average Bonchev–Trinajstić information content (AvgIpc) is 1.85. The number of rotatable bonds is 1. The molecule has 1 heterocycles. The van der Waals surface area contributed by atoms with Gasteiger partial charge in [-0.2, -0.15) is 4.39 Å². The second-order valence-corrected chi connectivity index (χ2v) is 2.65. The van der Waals surface area contributed by atoms with Crippen LogP contribution in [-0.2, 0) is 0 Å². The van der Waals surface area contributed by atoms with Crippen molar-refractivity contribution in [1.82, 2.24) is 4.98 Å². The fourth-order valence-corrected chi connectivity index (χ4v) is 1.01. The molecule has 1 rings (SSSR count). The van der Waals surface area contributed by atoms with E-state index in [0.717, 1.165) is 11.1 Å². The summed E-state index contributed by atoms with van der Waals surface area (Å²) in [5.74, 6) is -0.452. The van der Waals surface area contributed by atoms with Crippen molar-refractivity contribution < 1.29 is 4.39 Å². The van der Waals surface area contributed by atoms with Gasteiger partial charge in [0.25, 0.3) is 0 Å². The van der Waals surface area contributed by atoms with Crippen molar-refractivity contribution in [2.24, 2.45) is 5.73 Å². The van der Waals surface area contributed by atoms with Crippen molar-refractivity contribution in [2.75, 3.05) is 0 Å². The summed E-state index contributed by atoms with van der Waals surface area (Å²) in [6.07, 6.45) is 1.48. The number of nitrogens with zero attached hydrogens (tertiary/aromatic N) is 1. The minimum absolute atomic E-state index is 0.0805. The summed E-state index contributed by atoms with van der Waals surface area (Å²) >= 11 is 0. The van der Waals surface area contributed by atoms with Gasteiger partial charge in [-0.25, -0.2) is 4.98 Å². The van der Waals surface area contributed by atoms with Crippen molar-refractivity contribution >= 4 is 0 Å². The smallest absolute Gasteiger partial charge is 0.213 e. The minimum atomic E-state index is -0.452. The number of hydrogen-bond donors (Lipinski definition) is 1. The Kier molecular flexibility index (Phi) is 2.19. The molecule has 0 saturated heterocycles. The van der Waals surface area contributed by atoms with Gasteiger partial charge in [0.1, 0.15) is 0 Å². The van der Waals surface area contributed by atoms with Crippen molar-refractivity contribution in [2.45, 2.75) is 19.9 Å². The molecule has 60 valence electrons. The average molecular weight is 154 g/mol. The van der Waals surface area contributed by atoms with Gasteiger partial charge < -0.3 is 5.73 Å². The second-order valence-electron chi connectivity index (χ2n) is 2.65. The van der Waals surface area contributed by atoms with E-state index in [1.54, 1.807) is 0 Å². The molecule has 0 aliphatic carbocycles. The zero-order valence-electron chi connectivity index (χ0n) is 6.63. The minimum Gasteiger partial charge on any atom is -0.324 e. The molecule has 0 aliphatic rings. The van der Waals surface area contributed by atoms with Gasteiger partial charge in [-0.3, -0.25) is 0 Å². The molecule has 2 nitrogen and oxygen atoms in total. The Morgan fingerprint density at radius 2 is 2.27 bits per heavy atom. The second kappa shape index (κ2) is 2.96. The summed E-state index contributed by atoms with van der Waals surface area (Å²) in [7, 11) is 0. The van der Waals surface area contributed by atoms with Crippen LogP contribution in [0.25, 0.3) is 0 Å². The highest BCUT2D eigenvalue weighted by molar-refractivity contribution is 5.24. The molecule has 2 N–H and O–H groups in total. The van der Waals surface area contributed by atoms with Crippen LogP contribution in [0.3, 0.4) is 0 Å². The van der Waals surface area contributed by atoms with E-state index in [0.29, 0.717) is 0 Å². The highest BCUT2D eigenvalue weighted by atomic mass is 19.1. The lowest BCUT2D eigenvalue weighted by atomic mass is 10.1. The molecule has 0 aliphatic heterocycles. The molecule has 11 heavy (non-hydrogen) atoms. The Morgan fingerprint density at radius 3 is 2.73 bits per heavy atom. The normalized spacial score (nSPS) is 13.1. The quantitative estimate of drug-likeness (QED) is 0.623. The molecular weight excluding hydrogens is 143 g/mol. The van der Waals surface area contributed by atoms with Crippen LogP contribution in [0.15, 0.2) is 12.3 Å². The fraction of sp³-hybridized carbons (Fsp3) is 0.375. The number of aryl methyl sites for hydroxylation is 1. The van der Waals surface area contributed by atoms with Gasteiger partial charge in [-0.15, -0.1) is 0 Å². The van der Waals surface area contributed by atoms with E-state index in [9.17, 15) is 4.39 Å². The van der Waals surface area contributed by atoms with E-state index >= 15 is 0 Å². The van der Waals surface area contributed by atoms with E-state index in [4.69, 9.17) is 5.73 Å². The molecular formula is C8H11FN2. The third-order valence-electron chi connectivity index (χ3n) is 1.61. The number of halogens is 1. The van der Waals surface area contributed by atoms with E-state index in [-0.39, 0.29) is 6.04 Å². The van der Waals surface area contributed by atoms with Crippen molar-refractivity contribution in [3.8, 4) is 0 Å². The standard InChI is InChI=1S/C8H11FN2/c1-5-3-8(9)11-4-7(5)6(2)10/h3-4,6H,10H2,1-2H3/t6-/m0/s1. The third-order valence-corrected chi connectivity index (χ3v) is 1.61. The predicted octanol–water partition coefficient (Wildman–Crippen LogP) is 1.55. The Balaban J connectivity index is 3.09. The van der Waals surface area contributed by atoms with Crippen LogP contribution in [0, 0.1) is 12.9 Å². The van der Waals surface area contributed by atoms with Gasteiger partial charge >= 0.3 is 0 Å².